The third kappa shape index (κ3) is 8.54. The van der Waals surface area contributed by atoms with Crippen LogP contribution in [0.1, 0.15) is 64.3 Å². The number of rotatable bonds is 6. The van der Waals surface area contributed by atoms with Gasteiger partial charge in [0.2, 0.25) is 11.5 Å². The summed E-state index contributed by atoms with van der Waals surface area (Å²) in [5.74, 6) is 2.99. The number of piperidine rings is 1. The quantitative estimate of drug-likeness (QED) is 0.490. The van der Waals surface area contributed by atoms with Crippen LogP contribution in [-0.4, -0.2) is 63.9 Å². The molecule has 1 atom stereocenters. The summed E-state index contributed by atoms with van der Waals surface area (Å²) in [5.41, 5.74) is 6.97. The lowest BCUT2D eigenvalue weighted by molar-refractivity contribution is 0.219. The number of aryl methyl sites for hydroxylation is 1. The molecule has 208 valence electrons. The first-order valence-corrected chi connectivity index (χ1v) is 13.6. The van der Waals surface area contributed by atoms with E-state index in [0.29, 0.717) is 24.3 Å². The second-order valence-corrected chi connectivity index (χ2v) is 9.78. The van der Waals surface area contributed by atoms with Crippen molar-refractivity contribution >= 4 is 12.0 Å². The minimum atomic E-state index is -0.0457. The lowest BCUT2D eigenvalue weighted by atomic mass is 9.98. The number of nitrogens with zero attached hydrogens (tertiary/aromatic N) is 6. The summed E-state index contributed by atoms with van der Waals surface area (Å²) in [5, 5.41) is 4.05. The number of hydrogen-bond donors (Lipinski definition) is 2. The predicted octanol–water partition coefficient (Wildman–Crippen LogP) is 3.53. The van der Waals surface area contributed by atoms with Crippen LogP contribution >= 0.6 is 0 Å². The Balaban J connectivity index is 0.000000339. The Morgan fingerprint density at radius 3 is 2.32 bits per heavy atom. The molecule has 3 aromatic heterocycles. The summed E-state index contributed by atoms with van der Waals surface area (Å²) in [6.45, 7) is 14.3. The van der Waals surface area contributed by atoms with Gasteiger partial charge >= 0.3 is 6.01 Å². The molecule has 1 unspecified atom stereocenters. The van der Waals surface area contributed by atoms with E-state index in [0.717, 1.165) is 62.8 Å². The van der Waals surface area contributed by atoms with Gasteiger partial charge in [-0.1, -0.05) is 38.9 Å². The van der Waals surface area contributed by atoms with Crippen LogP contribution in [-0.2, 0) is 0 Å². The Morgan fingerprint density at radius 2 is 1.79 bits per heavy atom. The van der Waals surface area contributed by atoms with Crippen molar-refractivity contribution in [1.82, 2.24) is 25.1 Å². The van der Waals surface area contributed by atoms with E-state index in [1.54, 1.807) is 24.7 Å². The van der Waals surface area contributed by atoms with Gasteiger partial charge in [0, 0.05) is 50.4 Å². The number of H-pyrrole nitrogens is 1. The first-order chi connectivity index (χ1) is 18.4. The molecular weight excluding hydrogens is 484 g/mol. The number of pyridine rings is 1. The van der Waals surface area contributed by atoms with E-state index in [4.69, 9.17) is 15.0 Å². The molecular formula is C27H42N8O3. The third-order valence-electron chi connectivity index (χ3n) is 6.38. The van der Waals surface area contributed by atoms with E-state index in [1.165, 1.54) is 6.07 Å². The molecule has 0 aliphatic carbocycles. The van der Waals surface area contributed by atoms with Gasteiger partial charge in [-0.3, -0.25) is 4.79 Å². The molecule has 0 spiro atoms. The first kappa shape index (κ1) is 29.1. The maximum absolute atomic E-state index is 10.4. The van der Waals surface area contributed by atoms with Crippen molar-refractivity contribution in [1.29, 1.82) is 0 Å². The standard InChI is InChI=1S/C19H29N7O2.C6H7NO.C2H6/c1-13(2)17-23-19(28-24-17)25-6-3-14(4-7-25)12-27-16-9-21-18(22-10-16)26-8-5-15(20)11-26;1-5-2-3-6(8)7-4-5;1-2/h9-10,13-15H,3-8,11-12,20H2,1-2H3;2-4H,1H3,(H,7,8);1-2H3. The van der Waals surface area contributed by atoms with Crippen LogP contribution in [0.15, 0.2) is 40.0 Å². The zero-order valence-electron chi connectivity index (χ0n) is 23.3. The largest absolute Gasteiger partial charge is 0.490 e. The molecule has 0 bridgehead atoms. The fraction of sp³-hybridized carbons (Fsp3) is 0.593. The van der Waals surface area contributed by atoms with Crippen LogP contribution < -0.4 is 25.8 Å². The van der Waals surface area contributed by atoms with Crippen molar-refractivity contribution in [2.45, 2.75) is 65.8 Å². The van der Waals surface area contributed by atoms with Crippen LogP contribution in [0.3, 0.4) is 0 Å². The van der Waals surface area contributed by atoms with Crippen LogP contribution in [0.25, 0.3) is 0 Å². The Labute approximate surface area is 224 Å². The summed E-state index contributed by atoms with van der Waals surface area (Å²) in [4.78, 5) is 30.5. The Hall–Kier alpha value is -3.47. The SMILES string of the molecule is CC.CC(C)c1noc(N2CCC(COc3cnc(N4CCC(N)C4)nc3)CC2)n1.Cc1ccc(=O)[nH]c1. The summed E-state index contributed by atoms with van der Waals surface area (Å²) < 4.78 is 11.3. The van der Waals surface area contributed by atoms with E-state index < -0.39 is 0 Å². The summed E-state index contributed by atoms with van der Waals surface area (Å²) in [6.07, 6.45) is 8.25. The van der Waals surface area contributed by atoms with Crippen molar-refractivity contribution < 1.29 is 9.26 Å². The molecule has 3 N–H and O–H groups in total. The van der Waals surface area contributed by atoms with E-state index in [2.05, 4.69) is 48.7 Å². The third-order valence-corrected chi connectivity index (χ3v) is 6.38. The van der Waals surface area contributed by atoms with Gasteiger partial charge in [-0.05, 0) is 37.7 Å². The Kier molecular flexibility index (Phi) is 11.1. The number of nitrogens with two attached hydrogens (primary N) is 1. The molecule has 5 heterocycles. The summed E-state index contributed by atoms with van der Waals surface area (Å²) >= 11 is 0. The van der Waals surface area contributed by atoms with Crippen LogP contribution in [0.5, 0.6) is 5.75 Å². The molecule has 0 saturated carbocycles. The highest BCUT2D eigenvalue weighted by Gasteiger charge is 2.24. The van der Waals surface area contributed by atoms with Crippen molar-refractivity contribution in [3.05, 3.63) is 52.5 Å². The zero-order chi connectivity index (χ0) is 27.5. The molecule has 2 saturated heterocycles. The lowest BCUT2D eigenvalue weighted by Gasteiger charge is -2.30. The highest BCUT2D eigenvalue weighted by Crippen LogP contribution is 2.24. The normalized spacial score (nSPS) is 17.5. The maximum atomic E-state index is 10.4. The van der Waals surface area contributed by atoms with Crippen molar-refractivity contribution in [2.24, 2.45) is 11.7 Å². The molecule has 11 nitrogen and oxygen atoms in total. The molecule has 11 heteroatoms. The van der Waals surface area contributed by atoms with Gasteiger partial charge in [0.1, 0.15) is 0 Å². The molecule has 2 aliphatic heterocycles. The zero-order valence-corrected chi connectivity index (χ0v) is 23.3. The lowest BCUT2D eigenvalue weighted by Crippen LogP contribution is -2.35. The van der Waals surface area contributed by atoms with Crippen molar-refractivity contribution in [2.75, 3.05) is 42.6 Å². The number of aromatic nitrogens is 5. The van der Waals surface area contributed by atoms with Gasteiger partial charge in [-0.25, -0.2) is 9.97 Å². The van der Waals surface area contributed by atoms with E-state index in [1.807, 2.05) is 20.8 Å². The van der Waals surface area contributed by atoms with E-state index in [-0.39, 0.29) is 17.5 Å². The first-order valence-electron chi connectivity index (χ1n) is 13.6. The van der Waals surface area contributed by atoms with Gasteiger partial charge in [-0.2, -0.15) is 4.98 Å². The highest BCUT2D eigenvalue weighted by molar-refractivity contribution is 5.33. The van der Waals surface area contributed by atoms with E-state index in [9.17, 15) is 4.79 Å². The molecule has 0 aromatic carbocycles. The average molecular weight is 527 g/mol. The van der Waals surface area contributed by atoms with Crippen molar-refractivity contribution in [3.8, 4) is 5.75 Å². The van der Waals surface area contributed by atoms with Gasteiger partial charge < -0.3 is 29.8 Å². The average Bonchev–Trinajstić information content (AvgIpc) is 3.61. The second-order valence-electron chi connectivity index (χ2n) is 9.78. The molecule has 0 amide bonds. The van der Waals surface area contributed by atoms with Gasteiger partial charge in [0.05, 0.1) is 19.0 Å². The minimum Gasteiger partial charge on any atom is -0.490 e. The number of ether oxygens (including phenoxy) is 1. The highest BCUT2D eigenvalue weighted by atomic mass is 16.5. The molecule has 2 fully saturated rings. The van der Waals surface area contributed by atoms with Crippen molar-refractivity contribution in [3.63, 3.8) is 0 Å². The van der Waals surface area contributed by atoms with Crippen LogP contribution in [0.4, 0.5) is 12.0 Å². The van der Waals surface area contributed by atoms with Gasteiger partial charge in [0.15, 0.2) is 11.6 Å². The Morgan fingerprint density at radius 1 is 1.11 bits per heavy atom. The summed E-state index contributed by atoms with van der Waals surface area (Å²) in [7, 11) is 0. The molecule has 3 aromatic rings. The van der Waals surface area contributed by atoms with Crippen LogP contribution in [0, 0.1) is 12.8 Å². The van der Waals surface area contributed by atoms with Gasteiger partial charge in [-0.15, -0.1) is 0 Å². The fourth-order valence-electron chi connectivity index (χ4n) is 4.10. The fourth-order valence-corrected chi connectivity index (χ4v) is 4.10. The number of anilines is 2. The number of aromatic amines is 1. The minimum absolute atomic E-state index is 0.0457. The number of hydrogen-bond acceptors (Lipinski definition) is 10. The number of nitrogens with one attached hydrogen (secondary N) is 1. The topological polar surface area (TPSA) is 139 Å². The molecule has 2 aliphatic rings. The maximum Gasteiger partial charge on any atom is 0.324 e. The van der Waals surface area contributed by atoms with Gasteiger partial charge in [0.25, 0.3) is 0 Å². The Bertz CT molecular complexity index is 1120. The predicted molar refractivity (Wildman–Crippen MR) is 149 cm³/mol. The van der Waals surface area contributed by atoms with Crippen LogP contribution in [0.2, 0.25) is 0 Å². The smallest absolute Gasteiger partial charge is 0.324 e. The second kappa shape index (κ2) is 14.5. The molecule has 38 heavy (non-hydrogen) atoms. The summed E-state index contributed by atoms with van der Waals surface area (Å²) in [6, 6.07) is 4.14. The monoisotopic (exact) mass is 526 g/mol. The molecule has 5 rings (SSSR count). The van der Waals surface area contributed by atoms with E-state index >= 15 is 0 Å². The molecule has 0 radical (unpaired) electrons.